The van der Waals surface area contributed by atoms with Gasteiger partial charge in [-0.25, -0.2) is 13.6 Å². The fourth-order valence-electron chi connectivity index (χ4n) is 3.79. The minimum Gasteiger partial charge on any atom is -0.435 e. The van der Waals surface area contributed by atoms with E-state index in [1.807, 2.05) is 0 Å². The van der Waals surface area contributed by atoms with Gasteiger partial charge in [0.25, 0.3) is 0 Å². The van der Waals surface area contributed by atoms with Crippen molar-refractivity contribution in [1.82, 2.24) is 4.90 Å². The molecule has 26 heavy (non-hydrogen) atoms. The SMILES string of the molecule is O=C1OC(Cc2ccc(F)cc2)(Cc2ccc(F)cc2)C2=CCCCN12. The maximum absolute atomic E-state index is 13.3. The van der Waals surface area contributed by atoms with Crippen LogP contribution < -0.4 is 0 Å². The van der Waals surface area contributed by atoms with Crippen LogP contribution in [0.1, 0.15) is 24.0 Å². The quantitative estimate of drug-likeness (QED) is 0.801. The normalized spacial score (nSPS) is 18.3. The Morgan fingerprint density at radius 1 is 0.923 bits per heavy atom. The number of rotatable bonds is 4. The average Bonchev–Trinajstić information content (AvgIpc) is 2.91. The van der Waals surface area contributed by atoms with Crippen molar-refractivity contribution in [3.05, 3.63) is 83.1 Å². The summed E-state index contributed by atoms with van der Waals surface area (Å²) in [5.41, 5.74) is 1.78. The van der Waals surface area contributed by atoms with E-state index in [2.05, 4.69) is 6.08 Å². The van der Waals surface area contributed by atoms with E-state index in [1.54, 1.807) is 29.2 Å². The number of ether oxygens (including phenoxy) is 1. The molecule has 4 rings (SSSR count). The first-order valence-electron chi connectivity index (χ1n) is 8.76. The molecule has 0 aromatic heterocycles. The Hall–Kier alpha value is -2.69. The zero-order valence-electron chi connectivity index (χ0n) is 14.3. The number of amides is 1. The van der Waals surface area contributed by atoms with E-state index in [0.717, 1.165) is 29.7 Å². The summed E-state index contributed by atoms with van der Waals surface area (Å²) < 4.78 is 32.4. The van der Waals surface area contributed by atoms with E-state index in [9.17, 15) is 13.6 Å². The molecule has 0 atom stereocenters. The van der Waals surface area contributed by atoms with E-state index >= 15 is 0 Å². The summed E-state index contributed by atoms with van der Waals surface area (Å²) in [6.45, 7) is 0.638. The topological polar surface area (TPSA) is 29.5 Å². The number of hydrogen-bond donors (Lipinski definition) is 0. The number of benzene rings is 2. The summed E-state index contributed by atoms with van der Waals surface area (Å²) in [6.07, 6.45) is 4.39. The van der Waals surface area contributed by atoms with Gasteiger partial charge in [0.2, 0.25) is 0 Å². The largest absolute Gasteiger partial charge is 0.435 e. The van der Waals surface area contributed by atoms with Crippen LogP contribution in [0.15, 0.2) is 60.3 Å². The zero-order valence-corrected chi connectivity index (χ0v) is 14.3. The number of allylic oxidation sites excluding steroid dienone is 1. The lowest BCUT2D eigenvalue weighted by atomic mass is 9.83. The smallest absolute Gasteiger partial charge is 0.415 e. The van der Waals surface area contributed by atoms with Crippen molar-refractivity contribution in [1.29, 1.82) is 0 Å². The molecule has 2 aliphatic rings. The van der Waals surface area contributed by atoms with E-state index in [0.29, 0.717) is 19.4 Å². The van der Waals surface area contributed by atoms with E-state index < -0.39 is 5.60 Å². The lowest BCUT2D eigenvalue weighted by molar-refractivity contribution is 0.0687. The Labute approximate surface area is 150 Å². The van der Waals surface area contributed by atoms with Crippen LogP contribution in [0.5, 0.6) is 0 Å². The third-order valence-corrected chi connectivity index (χ3v) is 4.99. The first-order chi connectivity index (χ1) is 12.6. The standard InChI is InChI=1S/C21H19F2NO2/c22-17-8-4-15(5-9-17)13-21(14-16-6-10-18(23)11-7-16)19-3-1-2-12-24(19)20(25)26-21/h3-11H,1-2,12-14H2. The molecule has 5 heteroatoms. The maximum Gasteiger partial charge on any atom is 0.415 e. The van der Waals surface area contributed by atoms with Gasteiger partial charge in [-0.3, -0.25) is 4.90 Å². The Kier molecular flexibility index (Phi) is 4.23. The number of fused-ring (bicyclic) bond motifs is 1. The second-order valence-corrected chi connectivity index (χ2v) is 6.85. The Morgan fingerprint density at radius 3 is 2.00 bits per heavy atom. The lowest BCUT2D eigenvalue weighted by Gasteiger charge is -2.31. The van der Waals surface area contributed by atoms with Crippen molar-refractivity contribution >= 4 is 6.09 Å². The molecular formula is C21H19F2NO2. The highest BCUT2D eigenvalue weighted by molar-refractivity contribution is 5.75. The predicted octanol–water partition coefficient (Wildman–Crippen LogP) is 4.62. The molecule has 134 valence electrons. The van der Waals surface area contributed by atoms with Crippen LogP contribution in [0, 0.1) is 11.6 Å². The van der Waals surface area contributed by atoms with Crippen LogP contribution in [0.3, 0.4) is 0 Å². The summed E-state index contributed by atoms with van der Waals surface area (Å²) in [6, 6.07) is 12.5. The van der Waals surface area contributed by atoms with Gasteiger partial charge in [0.1, 0.15) is 11.6 Å². The van der Waals surface area contributed by atoms with Crippen LogP contribution in [-0.2, 0) is 17.6 Å². The first-order valence-corrected chi connectivity index (χ1v) is 8.76. The second kappa shape index (κ2) is 6.56. The number of hydrogen-bond acceptors (Lipinski definition) is 2. The van der Waals surface area contributed by atoms with Crippen LogP contribution >= 0.6 is 0 Å². The number of carbonyl (C=O) groups is 1. The van der Waals surface area contributed by atoms with Gasteiger partial charge >= 0.3 is 6.09 Å². The molecule has 0 unspecified atom stereocenters. The highest BCUT2D eigenvalue weighted by Gasteiger charge is 2.50. The van der Waals surface area contributed by atoms with Crippen molar-refractivity contribution in [2.24, 2.45) is 0 Å². The monoisotopic (exact) mass is 355 g/mol. The number of halogens is 2. The third kappa shape index (κ3) is 3.09. The molecule has 2 aliphatic heterocycles. The predicted molar refractivity (Wildman–Crippen MR) is 93.4 cm³/mol. The van der Waals surface area contributed by atoms with Crippen molar-refractivity contribution in [2.45, 2.75) is 31.3 Å². The van der Waals surface area contributed by atoms with Gasteiger partial charge in [0.15, 0.2) is 5.60 Å². The van der Waals surface area contributed by atoms with E-state index in [1.165, 1.54) is 24.3 Å². The van der Waals surface area contributed by atoms with Crippen molar-refractivity contribution in [2.75, 3.05) is 6.54 Å². The molecule has 1 fully saturated rings. The summed E-state index contributed by atoms with van der Waals surface area (Å²) in [7, 11) is 0. The molecule has 1 amide bonds. The minimum absolute atomic E-state index is 0.303. The lowest BCUT2D eigenvalue weighted by Crippen LogP contribution is -2.38. The van der Waals surface area contributed by atoms with Crippen molar-refractivity contribution in [3.8, 4) is 0 Å². The number of cyclic esters (lactones) is 1. The van der Waals surface area contributed by atoms with Gasteiger partial charge in [-0.1, -0.05) is 30.3 Å². The second-order valence-electron chi connectivity index (χ2n) is 6.85. The molecule has 2 aromatic rings. The highest BCUT2D eigenvalue weighted by Crippen LogP contribution is 2.41. The molecule has 0 N–H and O–H groups in total. The third-order valence-electron chi connectivity index (χ3n) is 4.99. The fraction of sp³-hybridized carbons (Fsp3) is 0.286. The molecule has 3 nitrogen and oxygen atoms in total. The van der Waals surface area contributed by atoms with Crippen LogP contribution in [0.25, 0.3) is 0 Å². The molecule has 2 aromatic carbocycles. The van der Waals surface area contributed by atoms with Gasteiger partial charge in [-0.05, 0) is 48.2 Å². The fourth-order valence-corrected chi connectivity index (χ4v) is 3.79. The van der Waals surface area contributed by atoms with Crippen LogP contribution in [0.2, 0.25) is 0 Å². The van der Waals surface area contributed by atoms with E-state index in [4.69, 9.17) is 4.74 Å². The summed E-state index contributed by atoms with van der Waals surface area (Å²) in [5.74, 6) is -0.605. The van der Waals surface area contributed by atoms with Gasteiger partial charge in [0.05, 0.1) is 5.70 Å². The van der Waals surface area contributed by atoms with Gasteiger partial charge in [-0.15, -0.1) is 0 Å². The number of nitrogens with zero attached hydrogens (tertiary/aromatic N) is 1. The van der Waals surface area contributed by atoms with Crippen LogP contribution in [-0.4, -0.2) is 23.1 Å². The average molecular weight is 355 g/mol. The van der Waals surface area contributed by atoms with Gasteiger partial charge in [-0.2, -0.15) is 0 Å². The number of carbonyl (C=O) groups excluding carboxylic acids is 1. The van der Waals surface area contributed by atoms with Gasteiger partial charge < -0.3 is 4.74 Å². The summed E-state index contributed by atoms with van der Waals surface area (Å²) in [5, 5.41) is 0. The van der Waals surface area contributed by atoms with Crippen molar-refractivity contribution in [3.63, 3.8) is 0 Å². The minimum atomic E-state index is -0.854. The zero-order chi connectivity index (χ0) is 18.1. The molecule has 0 aliphatic carbocycles. The van der Waals surface area contributed by atoms with Crippen LogP contribution in [0.4, 0.5) is 13.6 Å². The molecule has 0 bridgehead atoms. The molecule has 2 heterocycles. The Balaban J connectivity index is 1.73. The maximum atomic E-state index is 13.3. The molecule has 0 spiro atoms. The summed E-state index contributed by atoms with van der Waals surface area (Å²) >= 11 is 0. The summed E-state index contributed by atoms with van der Waals surface area (Å²) in [4.78, 5) is 14.1. The highest BCUT2D eigenvalue weighted by atomic mass is 19.1. The molecular weight excluding hydrogens is 336 g/mol. The Morgan fingerprint density at radius 2 is 1.46 bits per heavy atom. The molecule has 0 saturated carbocycles. The van der Waals surface area contributed by atoms with Crippen molar-refractivity contribution < 1.29 is 18.3 Å². The Bertz CT molecular complexity index is 796. The molecule has 1 saturated heterocycles. The molecule has 0 radical (unpaired) electrons. The first kappa shape index (κ1) is 16.8. The van der Waals surface area contributed by atoms with Gasteiger partial charge in [0, 0.05) is 19.4 Å². The van der Waals surface area contributed by atoms with E-state index in [-0.39, 0.29) is 17.7 Å².